The lowest BCUT2D eigenvalue weighted by molar-refractivity contribution is 0.0955. The number of halogens is 3. The molecule has 5 aromatic rings. The van der Waals surface area contributed by atoms with Gasteiger partial charge in [0.1, 0.15) is 18.1 Å². The molecule has 1 heterocycles. The highest BCUT2D eigenvalue weighted by Gasteiger charge is 2.12. The van der Waals surface area contributed by atoms with Crippen molar-refractivity contribution in [2.24, 2.45) is 5.10 Å². The number of aromatic nitrogens is 2. The van der Waals surface area contributed by atoms with Gasteiger partial charge in [0.25, 0.3) is 5.91 Å². The Labute approximate surface area is 244 Å². The molecule has 0 spiro atoms. The molecule has 0 atom stereocenters. The van der Waals surface area contributed by atoms with E-state index in [1.807, 2.05) is 66.9 Å². The van der Waals surface area contributed by atoms with Crippen LogP contribution in [0.15, 0.2) is 113 Å². The summed E-state index contributed by atoms with van der Waals surface area (Å²) in [5.41, 5.74) is 7.19. The molecule has 0 radical (unpaired) electrons. The van der Waals surface area contributed by atoms with Crippen molar-refractivity contribution >= 4 is 51.3 Å². The van der Waals surface area contributed by atoms with E-state index in [2.05, 4.69) is 26.5 Å². The van der Waals surface area contributed by atoms with Gasteiger partial charge in [0.15, 0.2) is 0 Å². The molecule has 5 rings (SSSR count). The van der Waals surface area contributed by atoms with Gasteiger partial charge in [-0.2, -0.15) is 10.2 Å². The summed E-state index contributed by atoms with van der Waals surface area (Å²) in [6.07, 6.45) is 3.47. The molecule has 0 aliphatic carbocycles. The fourth-order valence-electron chi connectivity index (χ4n) is 3.75. The fraction of sp³-hybridized carbons (Fsp3) is 0.0333. The van der Waals surface area contributed by atoms with Crippen molar-refractivity contribution in [3.63, 3.8) is 0 Å². The first-order chi connectivity index (χ1) is 19.0. The van der Waals surface area contributed by atoms with Crippen LogP contribution in [0.1, 0.15) is 21.5 Å². The minimum Gasteiger partial charge on any atom is -0.489 e. The van der Waals surface area contributed by atoms with Crippen LogP contribution in [0.3, 0.4) is 0 Å². The smallest absolute Gasteiger partial charge is 0.271 e. The van der Waals surface area contributed by atoms with Crippen LogP contribution in [-0.4, -0.2) is 21.9 Å². The zero-order valence-electron chi connectivity index (χ0n) is 20.4. The number of nitrogens with zero attached hydrogens (tertiary/aromatic N) is 3. The number of amides is 1. The highest BCUT2D eigenvalue weighted by Crippen LogP contribution is 2.25. The molecule has 0 aliphatic heterocycles. The Morgan fingerprint density at radius 2 is 1.72 bits per heavy atom. The molecule has 4 aromatic carbocycles. The molecule has 1 aromatic heterocycles. The number of hydrogen-bond acceptors (Lipinski definition) is 4. The summed E-state index contributed by atoms with van der Waals surface area (Å²) < 4.78 is 8.55. The van der Waals surface area contributed by atoms with E-state index in [0.29, 0.717) is 21.4 Å². The third-order valence-corrected chi connectivity index (χ3v) is 6.89. The second-order valence-corrected chi connectivity index (χ2v) is 10.2. The Balaban J connectivity index is 1.27. The van der Waals surface area contributed by atoms with Gasteiger partial charge in [-0.3, -0.25) is 4.79 Å². The Hall–Kier alpha value is -3.91. The Bertz CT molecular complexity index is 1620. The van der Waals surface area contributed by atoms with Gasteiger partial charge >= 0.3 is 0 Å². The van der Waals surface area contributed by atoms with Crippen molar-refractivity contribution in [2.75, 3.05) is 0 Å². The molecular formula is C30H21BrCl2N4O2. The average molecular weight is 620 g/mol. The molecule has 0 saturated carbocycles. The highest BCUT2D eigenvalue weighted by atomic mass is 79.9. The molecule has 194 valence electrons. The summed E-state index contributed by atoms with van der Waals surface area (Å²) in [6.45, 7) is 0.281. The number of hydrogen-bond donors (Lipinski definition) is 1. The van der Waals surface area contributed by atoms with Crippen LogP contribution >= 0.6 is 39.1 Å². The predicted octanol–water partition coefficient (Wildman–Crippen LogP) is 7.95. The summed E-state index contributed by atoms with van der Waals surface area (Å²) in [7, 11) is 0. The maximum absolute atomic E-state index is 12.7. The summed E-state index contributed by atoms with van der Waals surface area (Å²) >= 11 is 15.6. The second-order valence-electron chi connectivity index (χ2n) is 8.47. The van der Waals surface area contributed by atoms with Crippen LogP contribution in [0.25, 0.3) is 16.9 Å². The summed E-state index contributed by atoms with van der Waals surface area (Å²) in [5, 5.41) is 10.1. The number of benzene rings is 4. The van der Waals surface area contributed by atoms with Gasteiger partial charge in [0.2, 0.25) is 0 Å². The van der Waals surface area contributed by atoms with E-state index in [-0.39, 0.29) is 12.5 Å². The lowest BCUT2D eigenvalue weighted by atomic mass is 10.1. The van der Waals surface area contributed by atoms with Gasteiger partial charge in [0, 0.05) is 43.0 Å². The molecule has 6 nitrogen and oxygen atoms in total. The number of para-hydroxylation sites is 1. The third-order valence-electron chi connectivity index (χ3n) is 5.78. The van der Waals surface area contributed by atoms with Crippen LogP contribution < -0.4 is 10.2 Å². The first-order valence-corrected chi connectivity index (χ1v) is 13.4. The quantitative estimate of drug-likeness (QED) is 0.142. The lowest BCUT2D eigenvalue weighted by Gasteiger charge is -2.08. The van der Waals surface area contributed by atoms with E-state index in [9.17, 15) is 4.79 Å². The first-order valence-electron chi connectivity index (χ1n) is 11.9. The largest absolute Gasteiger partial charge is 0.489 e. The molecule has 1 amide bonds. The van der Waals surface area contributed by atoms with Gasteiger partial charge in [-0.05, 0) is 60.7 Å². The molecule has 0 fully saturated rings. The lowest BCUT2D eigenvalue weighted by Crippen LogP contribution is -2.17. The van der Waals surface area contributed by atoms with Crippen molar-refractivity contribution < 1.29 is 9.53 Å². The summed E-state index contributed by atoms with van der Waals surface area (Å²) in [6, 6.07) is 29.7. The number of ether oxygens (including phenoxy) is 1. The first kappa shape index (κ1) is 26.7. The van der Waals surface area contributed by atoms with Crippen molar-refractivity contribution in [2.45, 2.75) is 6.61 Å². The van der Waals surface area contributed by atoms with Crippen molar-refractivity contribution in [1.82, 2.24) is 15.2 Å². The minimum atomic E-state index is -0.348. The number of nitrogens with one attached hydrogen (secondary N) is 1. The van der Waals surface area contributed by atoms with Crippen LogP contribution in [-0.2, 0) is 6.61 Å². The van der Waals surface area contributed by atoms with Crippen LogP contribution in [0.5, 0.6) is 5.75 Å². The normalized spacial score (nSPS) is 11.1. The Morgan fingerprint density at radius 1 is 0.974 bits per heavy atom. The van der Waals surface area contributed by atoms with Crippen molar-refractivity contribution in [3.8, 4) is 22.7 Å². The topological polar surface area (TPSA) is 68.5 Å². The Morgan fingerprint density at radius 3 is 2.44 bits per heavy atom. The number of carbonyl (C=O) groups is 1. The van der Waals surface area contributed by atoms with Gasteiger partial charge in [0.05, 0.1) is 11.9 Å². The fourth-order valence-corrected chi connectivity index (χ4v) is 4.48. The zero-order valence-corrected chi connectivity index (χ0v) is 23.5. The molecule has 39 heavy (non-hydrogen) atoms. The molecule has 0 aliphatic rings. The van der Waals surface area contributed by atoms with E-state index in [1.54, 1.807) is 47.3 Å². The summed E-state index contributed by atoms with van der Waals surface area (Å²) in [5.74, 6) is 0.257. The van der Waals surface area contributed by atoms with Gasteiger partial charge in [-0.15, -0.1) is 0 Å². The van der Waals surface area contributed by atoms with Crippen LogP contribution in [0, 0.1) is 0 Å². The van der Waals surface area contributed by atoms with E-state index >= 15 is 0 Å². The minimum absolute atomic E-state index is 0.281. The van der Waals surface area contributed by atoms with Crippen molar-refractivity contribution in [3.05, 3.63) is 134 Å². The molecule has 9 heteroatoms. The van der Waals surface area contributed by atoms with Crippen LogP contribution in [0.4, 0.5) is 0 Å². The third kappa shape index (κ3) is 6.75. The predicted molar refractivity (Wildman–Crippen MR) is 159 cm³/mol. The van der Waals surface area contributed by atoms with E-state index in [1.165, 1.54) is 0 Å². The monoisotopic (exact) mass is 618 g/mol. The summed E-state index contributed by atoms with van der Waals surface area (Å²) in [4.78, 5) is 12.7. The zero-order chi connectivity index (χ0) is 27.2. The molecule has 0 bridgehead atoms. The van der Waals surface area contributed by atoms with Gasteiger partial charge < -0.3 is 4.74 Å². The van der Waals surface area contributed by atoms with E-state index in [4.69, 9.17) is 33.0 Å². The average Bonchev–Trinajstić information content (AvgIpc) is 3.38. The second kappa shape index (κ2) is 12.3. The number of hydrazone groups is 1. The molecule has 1 N–H and O–H groups in total. The van der Waals surface area contributed by atoms with E-state index in [0.717, 1.165) is 32.5 Å². The van der Waals surface area contributed by atoms with Gasteiger partial charge in [-0.1, -0.05) is 75.5 Å². The molecule has 0 unspecified atom stereocenters. The van der Waals surface area contributed by atoms with E-state index < -0.39 is 0 Å². The standard InChI is InChI=1S/C30H21BrCl2N4O2/c31-24-11-6-20(7-12-24)29-23(18-37(36-29)26-4-2-1-3-5-26)17-34-35-30(38)21-9-14-27(15-10-21)39-19-22-8-13-25(32)16-28(22)33/h1-18H,19H2,(H,35,38)/b34-17+. The van der Waals surface area contributed by atoms with Crippen LogP contribution in [0.2, 0.25) is 10.0 Å². The molecule has 0 saturated heterocycles. The Kier molecular flexibility index (Phi) is 8.42. The number of carbonyl (C=O) groups excluding carboxylic acids is 1. The maximum atomic E-state index is 12.7. The SMILES string of the molecule is O=C(N/N=C/c1cn(-c2ccccc2)nc1-c1ccc(Br)cc1)c1ccc(OCc2ccc(Cl)cc2Cl)cc1. The van der Waals surface area contributed by atoms with Crippen molar-refractivity contribution in [1.29, 1.82) is 0 Å². The van der Waals surface area contributed by atoms with Gasteiger partial charge in [-0.25, -0.2) is 10.1 Å². The number of rotatable bonds is 8. The highest BCUT2D eigenvalue weighted by molar-refractivity contribution is 9.10. The maximum Gasteiger partial charge on any atom is 0.271 e. The molecular weight excluding hydrogens is 599 g/mol.